The first-order chi connectivity index (χ1) is 13.8. The van der Waals surface area contributed by atoms with E-state index in [4.69, 9.17) is 16.3 Å². The van der Waals surface area contributed by atoms with Crippen LogP contribution in [0.15, 0.2) is 47.4 Å². The molecule has 1 heterocycles. The first kappa shape index (κ1) is 21.5. The van der Waals surface area contributed by atoms with Gasteiger partial charge in [0.1, 0.15) is 4.90 Å². The van der Waals surface area contributed by atoms with Gasteiger partial charge in [0.25, 0.3) is 5.69 Å². The summed E-state index contributed by atoms with van der Waals surface area (Å²) < 4.78 is 32.8. The van der Waals surface area contributed by atoms with Gasteiger partial charge in [0.2, 0.25) is 10.0 Å². The number of anilines is 1. The summed E-state index contributed by atoms with van der Waals surface area (Å²) in [5.41, 5.74) is 0.458. The Balaban J connectivity index is 2.02. The summed E-state index contributed by atoms with van der Waals surface area (Å²) in [4.78, 5) is 10.3. The fourth-order valence-electron chi connectivity index (χ4n) is 3.03. The van der Waals surface area contributed by atoms with Crippen LogP contribution in [0.4, 0.5) is 11.4 Å². The highest BCUT2D eigenvalue weighted by Crippen LogP contribution is 2.32. The van der Waals surface area contributed by atoms with E-state index in [2.05, 4.69) is 5.32 Å². The van der Waals surface area contributed by atoms with Crippen molar-refractivity contribution in [3.05, 3.63) is 63.2 Å². The van der Waals surface area contributed by atoms with E-state index in [1.165, 1.54) is 16.4 Å². The molecule has 1 aliphatic heterocycles. The van der Waals surface area contributed by atoms with Crippen molar-refractivity contribution in [2.24, 2.45) is 0 Å². The highest BCUT2D eigenvalue weighted by Gasteiger charge is 2.31. The molecule has 1 atom stereocenters. The summed E-state index contributed by atoms with van der Waals surface area (Å²) in [7, 11) is -4.01. The monoisotopic (exact) mass is 441 g/mol. The number of nitrogens with zero attached hydrogens (tertiary/aromatic N) is 2. The average Bonchev–Trinajstić information content (AvgIpc) is 2.72. The maximum atomic E-state index is 13.2. The normalized spacial score (nSPS) is 16.3. The molecule has 11 heteroatoms. The molecule has 1 unspecified atom stereocenters. The number of morpholine rings is 1. The molecule has 0 saturated carbocycles. The first-order valence-electron chi connectivity index (χ1n) is 8.82. The zero-order valence-corrected chi connectivity index (χ0v) is 16.9. The Morgan fingerprint density at radius 3 is 2.59 bits per heavy atom. The van der Waals surface area contributed by atoms with Crippen LogP contribution < -0.4 is 5.32 Å². The van der Waals surface area contributed by atoms with Gasteiger partial charge in [0, 0.05) is 30.2 Å². The van der Waals surface area contributed by atoms with Crippen molar-refractivity contribution in [2.75, 3.05) is 38.2 Å². The number of nitro benzene ring substituents is 1. The molecule has 9 nitrogen and oxygen atoms in total. The van der Waals surface area contributed by atoms with Gasteiger partial charge in [-0.2, -0.15) is 4.31 Å². The number of halogens is 1. The second-order valence-electron chi connectivity index (χ2n) is 6.39. The zero-order valence-electron chi connectivity index (χ0n) is 15.3. The third-order valence-corrected chi connectivity index (χ3v) is 6.70. The predicted molar refractivity (Wildman–Crippen MR) is 108 cm³/mol. The Morgan fingerprint density at radius 2 is 1.97 bits per heavy atom. The van der Waals surface area contributed by atoms with Crippen molar-refractivity contribution in [2.45, 2.75) is 10.9 Å². The molecule has 0 aliphatic carbocycles. The van der Waals surface area contributed by atoms with Crippen LogP contribution in [0.1, 0.15) is 11.6 Å². The van der Waals surface area contributed by atoms with E-state index in [1.807, 2.05) is 0 Å². The van der Waals surface area contributed by atoms with E-state index in [9.17, 15) is 23.6 Å². The summed E-state index contributed by atoms with van der Waals surface area (Å²) >= 11 is 6.01. The standard InChI is InChI=1S/C18H20ClN3O6S/c19-14-3-1-2-13(10-14)17(12-23)20-16-5-4-15(22(24)25)11-18(16)29(26,27)21-6-8-28-9-7-21/h1-5,10-11,17,20,23H,6-9,12H2. The van der Waals surface area contributed by atoms with Crippen LogP contribution in [-0.4, -0.2) is 55.7 Å². The number of aliphatic hydroxyl groups is 1. The van der Waals surface area contributed by atoms with Crippen LogP contribution in [0.5, 0.6) is 0 Å². The molecule has 3 rings (SSSR count). The number of benzene rings is 2. The van der Waals surface area contributed by atoms with Gasteiger partial charge in [-0.1, -0.05) is 23.7 Å². The Morgan fingerprint density at radius 1 is 1.24 bits per heavy atom. The third kappa shape index (κ3) is 4.85. The van der Waals surface area contributed by atoms with Crippen LogP contribution >= 0.6 is 11.6 Å². The quantitative estimate of drug-likeness (QED) is 0.499. The van der Waals surface area contributed by atoms with Gasteiger partial charge >= 0.3 is 0 Å². The van der Waals surface area contributed by atoms with E-state index >= 15 is 0 Å². The maximum Gasteiger partial charge on any atom is 0.270 e. The molecular weight excluding hydrogens is 422 g/mol. The lowest BCUT2D eigenvalue weighted by atomic mass is 10.1. The Labute approximate surface area is 173 Å². The minimum Gasteiger partial charge on any atom is -0.394 e. The largest absolute Gasteiger partial charge is 0.394 e. The van der Waals surface area contributed by atoms with Crippen molar-refractivity contribution in [1.82, 2.24) is 4.31 Å². The third-order valence-electron chi connectivity index (χ3n) is 4.53. The second-order valence-corrected chi connectivity index (χ2v) is 8.73. The van der Waals surface area contributed by atoms with Gasteiger partial charge < -0.3 is 15.2 Å². The topological polar surface area (TPSA) is 122 Å². The number of hydrogen-bond donors (Lipinski definition) is 2. The van der Waals surface area contributed by atoms with Crippen molar-refractivity contribution < 1.29 is 23.2 Å². The minimum atomic E-state index is -4.01. The molecule has 1 saturated heterocycles. The average molecular weight is 442 g/mol. The van der Waals surface area contributed by atoms with Crippen LogP contribution in [0, 0.1) is 10.1 Å². The van der Waals surface area contributed by atoms with Gasteiger partial charge in [-0.05, 0) is 23.8 Å². The number of non-ortho nitro benzene ring substituents is 1. The number of ether oxygens (including phenoxy) is 1. The fraction of sp³-hybridized carbons (Fsp3) is 0.333. The Hall–Kier alpha value is -2.24. The molecule has 0 bridgehead atoms. The summed E-state index contributed by atoms with van der Waals surface area (Å²) in [6, 6.07) is 9.70. The summed E-state index contributed by atoms with van der Waals surface area (Å²) in [6.07, 6.45) is 0. The molecule has 29 heavy (non-hydrogen) atoms. The maximum absolute atomic E-state index is 13.2. The van der Waals surface area contributed by atoms with Crippen LogP contribution in [0.3, 0.4) is 0 Å². The molecule has 2 aromatic rings. The SMILES string of the molecule is O=[N+]([O-])c1ccc(NC(CO)c2cccc(Cl)c2)c(S(=O)(=O)N2CCOCC2)c1. The van der Waals surface area contributed by atoms with E-state index in [0.717, 1.165) is 6.07 Å². The highest BCUT2D eigenvalue weighted by atomic mass is 35.5. The van der Waals surface area contributed by atoms with E-state index < -0.39 is 21.0 Å². The summed E-state index contributed by atoms with van der Waals surface area (Å²) in [5, 5.41) is 24.5. The number of hydrogen-bond acceptors (Lipinski definition) is 7. The van der Waals surface area contributed by atoms with Crippen molar-refractivity contribution in [3.8, 4) is 0 Å². The van der Waals surface area contributed by atoms with Crippen LogP contribution in [0.2, 0.25) is 5.02 Å². The Kier molecular flexibility index (Phi) is 6.70. The lowest BCUT2D eigenvalue weighted by Gasteiger charge is -2.28. The van der Waals surface area contributed by atoms with E-state index in [1.54, 1.807) is 24.3 Å². The fourth-order valence-corrected chi connectivity index (χ4v) is 4.81. The van der Waals surface area contributed by atoms with Gasteiger partial charge in [-0.25, -0.2) is 8.42 Å². The Bertz CT molecular complexity index is 995. The minimum absolute atomic E-state index is 0.154. The molecule has 0 aromatic heterocycles. The molecule has 2 aromatic carbocycles. The molecule has 0 spiro atoms. The van der Waals surface area contributed by atoms with E-state index in [-0.39, 0.29) is 49.2 Å². The van der Waals surface area contributed by atoms with E-state index in [0.29, 0.717) is 10.6 Å². The van der Waals surface area contributed by atoms with Crippen molar-refractivity contribution in [1.29, 1.82) is 0 Å². The predicted octanol–water partition coefficient (Wildman–Crippen LogP) is 2.41. The number of nitro groups is 1. The molecule has 2 N–H and O–H groups in total. The zero-order chi connectivity index (χ0) is 21.0. The molecule has 1 aliphatic rings. The molecule has 1 fully saturated rings. The van der Waals surface area contributed by atoms with Gasteiger partial charge in [-0.3, -0.25) is 10.1 Å². The molecule has 0 radical (unpaired) electrons. The number of rotatable bonds is 7. The van der Waals surface area contributed by atoms with Crippen molar-refractivity contribution in [3.63, 3.8) is 0 Å². The van der Waals surface area contributed by atoms with Crippen LogP contribution in [0.25, 0.3) is 0 Å². The lowest BCUT2D eigenvalue weighted by Crippen LogP contribution is -2.40. The summed E-state index contributed by atoms with van der Waals surface area (Å²) in [5.74, 6) is 0. The molecule has 156 valence electrons. The number of nitrogens with one attached hydrogen (secondary N) is 1. The van der Waals surface area contributed by atoms with Gasteiger partial charge in [0.05, 0.1) is 36.5 Å². The van der Waals surface area contributed by atoms with Gasteiger partial charge in [-0.15, -0.1) is 0 Å². The number of aliphatic hydroxyl groups excluding tert-OH is 1. The van der Waals surface area contributed by atoms with Gasteiger partial charge in [0.15, 0.2) is 0 Å². The summed E-state index contributed by atoms with van der Waals surface area (Å²) in [6.45, 7) is 0.468. The second kappa shape index (κ2) is 9.06. The first-order valence-corrected chi connectivity index (χ1v) is 10.6. The van der Waals surface area contributed by atoms with Crippen molar-refractivity contribution >= 4 is 33.0 Å². The highest BCUT2D eigenvalue weighted by molar-refractivity contribution is 7.89. The molecule has 0 amide bonds. The smallest absolute Gasteiger partial charge is 0.270 e. The lowest BCUT2D eigenvalue weighted by molar-refractivity contribution is -0.385. The number of sulfonamides is 1. The van der Waals surface area contributed by atoms with Crippen LogP contribution in [-0.2, 0) is 14.8 Å². The molecular formula is C18H20ClN3O6S.